The molecule has 1 heterocycles. The summed E-state index contributed by atoms with van der Waals surface area (Å²) < 4.78 is 26.9. The second-order valence-electron chi connectivity index (χ2n) is 4.56. The van der Waals surface area contributed by atoms with E-state index in [0.717, 1.165) is 5.82 Å². The number of imidazole rings is 1. The molecule has 20 heavy (non-hydrogen) atoms. The van der Waals surface area contributed by atoms with Gasteiger partial charge in [-0.15, -0.1) is 0 Å². The first-order chi connectivity index (χ1) is 9.49. The fraction of sp³-hybridized carbons (Fsp3) is 0.308. The highest BCUT2D eigenvalue weighted by molar-refractivity contribution is 7.89. The van der Waals surface area contributed by atoms with Crippen molar-refractivity contribution in [3.63, 3.8) is 0 Å². The molecule has 6 nitrogen and oxygen atoms in total. The SMILES string of the molecule is Cc1ccc(N)cc1S(=O)(=O)NCCCc1ncc[nH]1. The topological polar surface area (TPSA) is 101 Å². The largest absolute Gasteiger partial charge is 0.399 e. The molecule has 0 aliphatic rings. The van der Waals surface area contributed by atoms with Gasteiger partial charge in [0.25, 0.3) is 0 Å². The molecule has 2 aromatic rings. The van der Waals surface area contributed by atoms with Gasteiger partial charge in [-0.2, -0.15) is 0 Å². The van der Waals surface area contributed by atoms with Crippen molar-refractivity contribution >= 4 is 15.7 Å². The van der Waals surface area contributed by atoms with Crippen molar-refractivity contribution in [3.8, 4) is 0 Å². The number of hydrogen-bond acceptors (Lipinski definition) is 4. The number of nitrogens with zero attached hydrogens (tertiary/aromatic N) is 1. The molecule has 0 bridgehead atoms. The minimum Gasteiger partial charge on any atom is -0.399 e. The lowest BCUT2D eigenvalue weighted by atomic mass is 10.2. The predicted molar refractivity (Wildman–Crippen MR) is 77.7 cm³/mol. The molecule has 0 saturated carbocycles. The van der Waals surface area contributed by atoms with E-state index in [0.29, 0.717) is 30.6 Å². The maximum atomic E-state index is 12.2. The van der Waals surface area contributed by atoms with E-state index in [9.17, 15) is 8.42 Å². The van der Waals surface area contributed by atoms with E-state index in [1.807, 2.05) is 0 Å². The van der Waals surface area contributed by atoms with E-state index in [1.54, 1.807) is 31.5 Å². The molecule has 1 aromatic carbocycles. The summed E-state index contributed by atoms with van der Waals surface area (Å²) in [6, 6.07) is 4.86. The van der Waals surface area contributed by atoms with Crippen molar-refractivity contribution in [2.45, 2.75) is 24.7 Å². The van der Waals surface area contributed by atoms with E-state index in [-0.39, 0.29) is 4.90 Å². The number of H-pyrrole nitrogens is 1. The Labute approximate surface area is 118 Å². The number of aryl methyl sites for hydroxylation is 2. The Bertz CT molecular complexity index is 666. The highest BCUT2D eigenvalue weighted by atomic mass is 32.2. The van der Waals surface area contributed by atoms with E-state index in [4.69, 9.17) is 5.73 Å². The first-order valence-corrected chi connectivity index (χ1v) is 7.81. The summed E-state index contributed by atoms with van der Waals surface area (Å²) in [4.78, 5) is 7.29. The molecule has 7 heteroatoms. The second-order valence-corrected chi connectivity index (χ2v) is 6.30. The molecule has 2 rings (SSSR count). The number of nitrogens with one attached hydrogen (secondary N) is 2. The molecule has 0 unspecified atom stereocenters. The summed E-state index contributed by atoms with van der Waals surface area (Å²) >= 11 is 0. The highest BCUT2D eigenvalue weighted by Crippen LogP contribution is 2.17. The van der Waals surface area contributed by atoms with Gasteiger partial charge in [0.2, 0.25) is 10.0 Å². The van der Waals surface area contributed by atoms with Crippen LogP contribution in [0, 0.1) is 6.92 Å². The predicted octanol–water partition coefficient (Wildman–Crippen LogP) is 1.21. The van der Waals surface area contributed by atoms with Crippen molar-refractivity contribution in [2.24, 2.45) is 0 Å². The number of sulfonamides is 1. The van der Waals surface area contributed by atoms with Crippen LogP contribution in [0.15, 0.2) is 35.5 Å². The molecule has 0 aliphatic heterocycles. The first-order valence-electron chi connectivity index (χ1n) is 6.33. The van der Waals surface area contributed by atoms with Gasteiger partial charge in [-0.1, -0.05) is 6.07 Å². The van der Waals surface area contributed by atoms with Gasteiger partial charge in [-0.3, -0.25) is 0 Å². The van der Waals surface area contributed by atoms with Crippen LogP contribution in [0.3, 0.4) is 0 Å². The molecule has 0 aliphatic carbocycles. The molecule has 4 N–H and O–H groups in total. The molecule has 1 aromatic heterocycles. The van der Waals surface area contributed by atoms with Crippen molar-refractivity contribution in [1.29, 1.82) is 0 Å². The molecule has 108 valence electrons. The van der Waals surface area contributed by atoms with E-state index in [2.05, 4.69) is 14.7 Å². The molecule has 0 fully saturated rings. The standard InChI is InChI=1S/C13H18N4O2S/c1-10-4-5-11(14)9-12(10)20(18,19)17-6-2-3-13-15-7-8-16-13/h4-5,7-9,17H,2-3,6,14H2,1H3,(H,15,16). The third-order valence-corrected chi connectivity index (χ3v) is 4.54. The minimum atomic E-state index is -3.52. The molecule has 0 atom stereocenters. The number of nitrogen functional groups attached to an aromatic ring is 1. The Kier molecular flexibility index (Phi) is 4.41. The number of hydrogen-bond donors (Lipinski definition) is 3. The lowest BCUT2D eigenvalue weighted by Gasteiger charge is -2.09. The highest BCUT2D eigenvalue weighted by Gasteiger charge is 2.16. The zero-order valence-corrected chi connectivity index (χ0v) is 12.1. The van der Waals surface area contributed by atoms with Crippen LogP contribution in [0.2, 0.25) is 0 Å². The zero-order chi connectivity index (χ0) is 14.6. The third kappa shape index (κ3) is 3.58. The van der Waals surface area contributed by atoms with Gasteiger partial charge in [0.15, 0.2) is 0 Å². The Morgan fingerprint density at radius 3 is 2.90 bits per heavy atom. The summed E-state index contributed by atoms with van der Waals surface area (Å²) in [6.45, 7) is 2.11. The number of aromatic amines is 1. The van der Waals surface area contributed by atoms with Gasteiger partial charge in [0.1, 0.15) is 5.82 Å². The third-order valence-electron chi connectivity index (χ3n) is 2.94. The van der Waals surface area contributed by atoms with Crippen LogP contribution in [0.1, 0.15) is 17.8 Å². The maximum Gasteiger partial charge on any atom is 0.240 e. The van der Waals surface area contributed by atoms with E-state index in [1.165, 1.54) is 6.07 Å². The lowest BCUT2D eigenvalue weighted by molar-refractivity contribution is 0.577. The normalized spacial score (nSPS) is 11.7. The van der Waals surface area contributed by atoms with Gasteiger partial charge in [-0.25, -0.2) is 18.1 Å². The smallest absolute Gasteiger partial charge is 0.240 e. The van der Waals surface area contributed by atoms with Crippen LogP contribution < -0.4 is 10.5 Å². The lowest BCUT2D eigenvalue weighted by Crippen LogP contribution is -2.26. The van der Waals surface area contributed by atoms with Gasteiger partial charge < -0.3 is 10.7 Å². The molecule has 0 saturated heterocycles. The summed E-state index contributed by atoms with van der Waals surface area (Å²) in [5, 5.41) is 0. The van der Waals surface area contributed by atoms with Crippen molar-refractivity contribution in [1.82, 2.24) is 14.7 Å². The van der Waals surface area contributed by atoms with Gasteiger partial charge in [0.05, 0.1) is 4.90 Å². The number of anilines is 1. The summed E-state index contributed by atoms with van der Waals surface area (Å²) in [6.07, 6.45) is 4.80. The molecule has 0 spiro atoms. The van der Waals surface area contributed by atoms with E-state index < -0.39 is 10.0 Å². The fourth-order valence-electron chi connectivity index (χ4n) is 1.88. The van der Waals surface area contributed by atoms with Crippen LogP contribution in [-0.2, 0) is 16.4 Å². The molecular weight excluding hydrogens is 276 g/mol. The Balaban J connectivity index is 1.95. The summed E-state index contributed by atoms with van der Waals surface area (Å²) in [5.74, 6) is 0.851. The van der Waals surface area contributed by atoms with Crippen LogP contribution in [0.25, 0.3) is 0 Å². The van der Waals surface area contributed by atoms with Crippen LogP contribution >= 0.6 is 0 Å². The van der Waals surface area contributed by atoms with Crippen LogP contribution in [0.4, 0.5) is 5.69 Å². The maximum absolute atomic E-state index is 12.2. The minimum absolute atomic E-state index is 0.232. The zero-order valence-electron chi connectivity index (χ0n) is 11.3. The van der Waals surface area contributed by atoms with Crippen LogP contribution in [0.5, 0.6) is 0 Å². The molecule has 0 radical (unpaired) electrons. The second kappa shape index (κ2) is 6.06. The summed E-state index contributed by atoms with van der Waals surface area (Å²) in [5.41, 5.74) is 6.75. The fourth-order valence-corrected chi connectivity index (χ4v) is 3.23. The summed E-state index contributed by atoms with van der Waals surface area (Å²) in [7, 11) is -3.52. The van der Waals surface area contributed by atoms with Gasteiger partial charge in [0, 0.05) is 31.0 Å². The first kappa shape index (κ1) is 14.5. The number of aromatic nitrogens is 2. The van der Waals surface area contributed by atoms with Crippen molar-refractivity contribution in [2.75, 3.05) is 12.3 Å². The number of nitrogens with two attached hydrogens (primary N) is 1. The van der Waals surface area contributed by atoms with Gasteiger partial charge >= 0.3 is 0 Å². The molecular formula is C13H18N4O2S. The van der Waals surface area contributed by atoms with Crippen molar-refractivity contribution in [3.05, 3.63) is 42.0 Å². The Morgan fingerprint density at radius 2 is 2.20 bits per heavy atom. The number of benzene rings is 1. The molecule has 0 amide bonds. The van der Waals surface area contributed by atoms with Crippen molar-refractivity contribution < 1.29 is 8.42 Å². The number of rotatable bonds is 6. The van der Waals surface area contributed by atoms with E-state index >= 15 is 0 Å². The quantitative estimate of drug-likeness (QED) is 0.550. The monoisotopic (exact) mass is 294 g/mol. The van der Waals surface area contributed by atoms with Crippen LogP contribution in [-0.4, -0.2) is 24.9 Å². The average Bonchev–Trinajstić information content (AvgIpc) is 2.90. The Morgan fingerprint density at radius 1 is 1.40 bits per heavy atom. The van der Waals surface area contributed by atoms with Gasteiger partial charge in [-0.05, 0) is 31.0 Å². The average molecular weight is 294 g/mol. The Hall–Kier alpha value is -1.86.